The predicted molar refractivity (Wildman–Crippen MR) is 99.5 cm³/mol. The molecule has 3 aliphatic rings. The lowest BCUT2D eigenvalue weighted by atomic mass is 10.0. The molecule has 0 saturated carbocycles. The second-order valence-corrected chi connectivity index (χ2v) is 6.41. The minimum absolute atomic E-state index is 0.121. The average molecular weight is 372 g/mol. The minimum Gasteiger partial charge on any atom is -0.369 e. The van der Waals surface area contributed by atoms with E-state index in [0.29, 0.717) is 11.1 Å². The first-order chi connectivity index (χ1) is 13.1. The molecule has 2 saturated heterocycles. The number of benzene rings is 1. The number of rotatable bonds is 2. The van der Waals surface area contributed by atoms with Gasteiger partial charge in [0.2, 0.25) is 11.8 Å². The van der Waals surface area contributed by atoms with Gasteiger partial charge in [-0.25, -0.2) is 0 Å². The summed E-state index contributed by atoms with van der Waals surface area (Å²) in [5, 5.41) is 5.47. The summed E-state index contributed by atoms with van der Waals surface area (Å²) in [6.45, 7) is 7.40. The number of carbonyl (C=O) groups excluding carboxylic acids is 4. The molecule has 0 radical (unpaired) electrons. The number of carbonyl (C=O) groups is 4. The molecule has 0 spiro atoms. The fourth-order valence-electron chi connectivity index (χ4n) is 3.58. The smallest absolute Gasteiger partial charge is 0.262 e. The lowest BCUT2D eigenvalue weighted by molar-refractivity contribution is -0.136. The molecule has 3 heterocycles. The van der Waals surface area contributed by atoms with E-state index in [1.54, 1.807) is 12.1 Å². The number of hydrogen-bond donors (Lipinski definition) is 2. The topological polar surface area (TPSA) is 98.8 Å². The van der Waals surface area contributed by atoms with Gasteiger partial charge in [-0.3, -0.25) is 29.4 Å². The summed E-state index contributed by atoms with van der Waals surface area (Å²) in [6, 6.07) is 4.29. The van der Waals surface area contributed by atoms with Gasteiger partial charge in [0.15, 0.2) is 0 Å². The normalized spacial score (nSPS) is 22.2. The molecular formula is C19H24N4O4. The molecular weight excluding hydrogens is 348 g/mol. The van der Waals surface area contributed by atoms with E-state index in [1.807, 2.05) is 19.9 Å². The monoisotopic (exact) mass is 372 g/mol. The Morgan fingerprint density at radius 1 is 0.963 bits per heavy atom. The van der Waals surface area contributed by atoms with Gasteiger partial charge in [-0.15, -0.1) is 0 Å². The van der Waals surface area contributed by atoms with E-state index in [9.17, 15) is 19.2 Å². The number of nitrogens with zero attached hydrogens (tertiary/aromatic N) is 2. The summed E-state index contributed by atoms with van der Waals surface area (Å²) < 4.78 is 0. The molecule has 1 unspecified atom stereocenters. The third-order valence-corrected chi connectivity index (χ3v) is 4.91. The largest absolute Gasteiger partial charge is 0.369 e. The highest BCUT2D eigenvalue weighted by atomic mass is 16.2. The molecule has 0 bridgehead atoms. The fraction of sp³-hybridized carbons (Fsp3) is 0.474. The molecule has 0 aromatic heterocycles. The Labute approximate surface area is 157 Å². The van der Waals surface area contributed by atoms with Gasteiger partial charge in [-0.05, 0) is 24.6 Å². The van der Waals surface area contributed by atoms with Gasteiger partial charge in [0.25, 0.3) is 11.8 Å². The molecule has 27 heavy (non-hydrogen) atoms. The van der Waals surface area contributed by atoms with Gasteiger partial charge >= 0.3 is 0 Å². The van der Waals surface area contributed by atoms with E-state index >= 15 is 0 Å². The van der Waals surface area contributed by atoms with Crippen LogP contribution >= 0.6 is 0 Å². The molecule has 144 valence electrons. The number of fused-ring (bicyclic) bond motifs is 1. The molecule has 0 aliphatic carbocycles. The van der Waals surface area contributed by atoms with Crippen molar-refractivity contribution in [2.75, 3.05) is 31.1 Å². The third-order valence-electron chi connectivity index (χ3n) is 4.91. The van der Waals surface area contributed by atoms with Gasteiger partial charge in [0.05, 0.1) is 11.1 Å². The number of amides is 4. The molecule has 2 N–H and O–H groups in total. The highest BCUT2D eigenvalue weighted by molar-refractivity contribution is 6.23. The summed E-state index contributed by atoms with van der Waals surface area (Å²) in [6.07, 6.45) is 0.288. The molecule has 4 rings (SSSR count). The molecule has 3 aliphatic heterocycles. The first-order valence-corrected chi connectivity index (χ1v) is 9.37. The van der Waals surface area contributed by atoms with Crippen LogP contribution in [0.2, 0.25) is 0 Å². The van der Waals surface area contributed by atoms with E-state index in [0.717, 1.165) is 36.8 Å². The van der Waals surface area contributed by atoms with Gasteiger partial charge in [-0.2, -0.15) is 0 Å². The van der Waals surface area contributed by atoms with Crippen molar-refractivity contribution in [1.29, 1.82) is 0 Å². The van der Waals surface area contributed by atoms with E-state index in [4.69, 9.17) is 0 Å². The SMILES string of the molecule is CC.O=C1CCC(N2C(=O)c3ccc(N4CCNCC4)cc3C2=O)C(=O)N1. The first-order valence-electron chi connectivity index (χ1n) is 9.37. The van der Waals surface area contributed by atoms with E-state index in [-0.39, 0.29) is 18.7 Å². The minimum atomic E-state index is -0.923. The Morgan fingerprint density at radius 2 is 1.63 bits per heavy atom. The van der Waals surface area contributed by atoms with E-state index < -0.39 is 23.8 Å². The summed E-state index contributed by atoms with van der Waals surface area (Å²) in [5.74, 6) is -1.90. The molecule has 8 heteroatoms. The Balaban J connectivity index is 0.00000102. The lowest BCUT2D eigenvalue weighted by Gasteiger charge is -2.29. The van der Waals surface area contributed by atoms with Crippen LogP contribution < -0.4 is 15.5 Å². The number of piperidine rings is 1. The van der Waals surface area contributed by atoms with Crippen molar-refractivity contribution in [3.05, 3.63) is 29.3 Å². The van der Waals surface area contributed by atoms with Crippen LogP contribution in [0.4, 0.5) is 5.69 Å². The van der Waals surface area contributed by atoms with Gasteiger partial charge in [0.1, 0.15) is 6.04 Å². The van der Waals surface area contributed by atoms with Crippen LogP contribution in [0.1, 0.15) is 47.4 Å². The number of imide groups is 2. The molecule has 4 amide bonds. The first kappa shape index (κ1) is 19.0. The summed E-state index contributed by atoms with van der Waals surface area (Å²) >= 11 is 0. The lowest BCUT2D eigenvalue weighted by Crippen LogP contribution is -2.54. The molecule has 1 aromatic rings. The maximum Gasteiger partial charge on any atom is 0.262 e. The quantitative estimate of drug-likeness (QED) is 0.735. The van der Waals surface area contributed by atoms with E-state index in [1.165, 1.54) is 0 Å². The number of piperazine rings is 1. The predicted octanol–water partition coefficient (Wildman–Crippen LogP) is 0.524. The van der Waals surface area contributed by atoms with Gasteiger partial charge < -0.3 is 10.2 Å². The third kappa shape index (κ3) is 3.44. The van der Waals surface area contributed by atoms with Crippen LogP contribution in [0.15, 0.2) is 18.2 Å². The van der Waals surface area contributed by atoms with E-state index in [2.05, 4.69) is 15.5 Å². The molecule has 1 aromatic carbocycles. The Hall–Kier alpha value is -2.74. The fourth-order valence-corrected chi connectivity index (χ4v) is 3.58. The van der Waals surface area contributed by atoms with Crippen LogP contribution in [0, 0.1) is 0 Å². The highest BCUT2D eigenvalue weighted by Gasteiger charge is 2.44. The average Bonchev–Trinajstić information content (AvgIpc) is 2.95. The van der Waals surface area contributed by atoms with Gasteiger partial charge in [0, 0.05) is 38.3 Å². The maximum atomic E-state index is 12.8. The zero-order valence-corrected chi connectivity index (χ0v) is 15.6. The second kappa shape index (κ2) is 7.87. The van der Waals surface area contributed by atoms with Crippen molar-refractivity contribution in [3.63, 3.8) is 0 Å². The number of hydrogen-bond acceptors (Lipinski definition) is 6. The van der Waals surface area contributed by atoms with Crippen LogP contribution in [0.5, 0.6) is 0 Å². The van der Waals surface area contributed by atoms with Crippen LogP contribution in [0.3, 0.4) is 0 Å². The van der Waals surface area contributed by atoms with Crippen LogP contribution in [-0.4, -0.2) is 60.7 Å². The number of anilines is 1. The zero-order valence-electron chi connectivity index (χ0n) is 15.6. The number of nitrogens with one attached hydrogen (secondary N) is 2. The maximum absolute atomic E-state index is 12.8. The Bertz CT molecular complexity index is 786. The highest BCUT2D eigenvalue weighted by Crippen LogP contribution is 2.30. The van der Waals surface area contributed by atoms with Gasteiger partial charge in [-0.1, -0.05) is 13.8 Å². The van der Waals surface area contributed by atoms with Crippen LogP contribution in [-0.2, 0) is 9.59 Å². The van der Waals surface area contributed by atoms with Crippen molar-refractivity contribution in [2.45, 2.75) is 32.7 Å². The van der Waals surface area contributed by atoms with Crippen molar-refractivity contribution < 1.29 is 19.2 Å². The summed E-state index contributed by atoms with van der Waals surface area (Å²) in [4.78, 5) is 51.9. The summed E-state index contributed by atoms with van der Waals surface area (Å²) in [7, 11) is 0. The zero-order chi connectivity index (χ0) is 19.6. The Kier molecular flexibility index (Phi) is 5.55. The van der Waals surface area contributed by atoms with Crippen molar-refractivity contribution in [2.24, 2.45) is 0 Å². The standard InChI is InChI=1S/C17H18N4O4.C2H6/c22-14-4-3-13(15(23)19-14)21-16(24)11-2-1-10(9-12(11)17(21)25)20-7-5-18-6-8-20;1-2/h1-2,9,13,18H,3-8H2,(H,19,22,23);1-2H3. The van der Waals surface area contributed by atoms with Crippen molar-refractivity contribution in [1.82, 2.24) is 15.5 Å². The molecule has 1 atom stereocenters. The van der Waals surface area contributed by atoms with Crippen LogP contribution in [0.25, 0.3) is 0 Å². The summed E-state index contributed by atoms with van der Waals surface area (Å²) in [5.41, 5.74) is 1.53. The van der Waals surface area contributed by atoms with Crippen molar-refractivity contribution in [3.8, 4) is 0 Å². The van der Waals surface area contributed by atoms with Crippen molar-refractivity contribution >= 4 is 29.3 Å². The Morgan fingerprint density at radius 3 is 2.30 bits per heavy atom. The second-order valence-electron chi connectivity index (χ2n) is 6.41. The molecule has 2 fully saturated rings. The molecule has 8 nitrogen and oxygen atoms in total.